The lowest BCUT2D eigenvalue weighted by molar-refractivity contribution is 0.163. The maximum atomic E-state index is 11.5. The van der Waals surface area contributed by atoms with Gasteiger partial charge in [0.05, 0.1) is 18.5 Å². The summed E-state index contributed by atoms with van der Waals surface area (Å²) in [5.74, 6) is 0. The molecule has 0 aliphatic carbocycles. The number of rotatable bonds is 7. The Bertz CT molecular complexity index is 436. The molecule has 0 aliphatic heterocycles. The van der Waals surface area contributed by atoms with E-state index < -0.39 is 0 Å². The first-order chi connectivity index (χ1) is 8.56. The van der Waals surface area contributed by atoms with Gasteiger partial charge in [-0.1, -0.05) is 11.6 Å². The number of aromatic nitrogens is 2. The average molecular weight is 275 g/mol. The second-order valence-electron chi connectivity index (χ2n) is 4.02. The molecule has 0 radical (unpaired) electrons. The molecule has 0 atom stereocenters. The quantitative estimate of drug-likeness (QED) is 0.781. The highest BCUT2D eigenvalue weighted by Gasteiger charge is 2.06. The van der Waals surface area contributed by atoms with Crippen LogP contribution < -0.4 is 10.9 Å². The Kier molecular flexibility index (Phi) is 6.11. The number of hydrogen-bond acceptors (Lipinski definition) is 5. The number of ether oxygens (including phenoxy) is 1. The van der Waals surface area contributed by atoms with Crippen LogP contribution in [0, 0.1) is 0 Å². The Balaban J connectivity index is 2.45. The predicted molar refractivity (Wildman–Crippen MR) is 72.4 cm³/mol. The van der Waals surface area contributed by atoms with Crippen molar-refractivity contribution in [2.24, 2.45) is 7.05 Å². The summed E-state index contributed by atoms with van der Waals surface area (Å²) in [6.07, 6.45) is 1.55. The van der Waals surface area contributed by atoms with Gasteiger partial charge in [0.1, 0.15) is 5.02 Å². The van der Waals surface area contributed by atoms with Crippen molar-refractivity contribution in [2.45, 2.75) is 0 Å². The zero-order chi connectivity index (χ0) is 13.5. The Morgan fingerprint density at radius 2 is 2.28 bits per heavy atom. The SMILES string of the molecule is COCCN(C)CCNc1cnn(C)c(=O)c1Cl. The first kappa shape index (κ1) is 14.9. The molecule has 0 aliphatic rings. The fourth-order valence-electron chi connectivity index (χ4n) is 1.37. The van der Waals surface area contributed by atoms with E-state index in [1.807, 2.05) is 7.05 Å². The van der Waals surface area contributed by atoms with Gasteiger partial charge in [0.15, 0.2) is 0 Å². The highest BCUT2D eigenvalue weighted by atomic mass is 35.5. The molecule has 0 saturated heterocycles. The first-order valence-electron chi connectivity index (χ1n) is 5.69. The van der Waals surface area contributed by atoms with Gasteiger partial charge in [-0.05, 0) is 7.05 Å². The third-order valence-corrected chi connectivity index (χ3v) is 2.93. The molecule has 0 amide bonds. The van der Waals surface area contributed by atoms with Gasteiger partial charge in [-0.25, -0.2) is 4.68 Å². The maximum Gasteiger partial charge on any atom is 0.287 e. The van der Waals surface area contributed by atoms with Crippen LogP contribution in [-0.4, -0.2) is 55.1 Å². The molecule has 1 aromatic rings. The van der Waals surface area contributed by atoms with Gasteiger partial charge in [0.25, 0.3) is 5.56 Å². The minimum Gasteiger partial charge on any atom is -0.383 e. The highest BCUT2D eigenvalue weighted by Crippen LogP contribution is 2.14. The number of nitrogens with zero attached hydrogens (tertiary/aromatic N) is 3. The number of anilines is 1. The minimum absolute atomic E-state index is 0.173. The summed E-state index contributed by atoms with van der Waals surface area (Å²) in [5, 5.41) is 7.18. The van der Waals surface area contributed by atoms with Gasteiger partial charge in [0, 0.05) is 33.8 Å². The lowest BCUT2D eigenvalue weighted by atomic mass is 10.4. The molecule has 7 heteroatoms. The van der Waals surface area contributed by atoms with Crippen molar-refractivity contribution >= 4 is 17.3 Å². The van der Waals surface area contributed by atoms with E-state index in [9.17, 15) is 4.79 Å². The average Bonchev–Trinajstić information content (AvgIpc) is 2.36. The van der Waals surface area contributed by atoms with Gasteiger partial charge in [0.2, 0.25) is 0 Å². The van der Waals surface area contributed by atoms with Gasteiger partial charge in [-0.15, -0.1) is 0 Å². The molecule has 0 unspecified atom stereocenters. The normalized spacial score (nSPS) is 10.9. The van der Waals surface area contributed by atoms with E-state index in [0.717, 1.165) is 13.1 Å². The molecule has 1 N–H and O–H groups in total. The van der Waals surface area contributed by atoms with Crippen molar-refractivity contribution in [3.63, 3.8) is 0 Å². The molecule has 0 saturated carbocycles. The fraction of sp³-hybridized carbons (Fsp3) is 0.636. The molecule has 0 fully saturated rings. The van der Waals surface area contributed by atoms with E-state index in [2.05, 4.69) is 15.3 Å². The number of methoxy groups -OCH3 is 1. The summed E-state index contributed by atoms with van der Waals surface area (Å²) in [7, 11) is 5.25. The van der Waals surface area contributed by atoms with Gasteiger partial charge >= 0.3 is 0 Å². The fourth-order valence-corrected chi connectivity index (χ4v) is 1.61. The summed E-state index contributed by atoms with van der Waals surface area (Å²) < 4.78 is 6.19. The molecule has 1 aromatic heterocycles. The number of halogens is 1. The van der Waals surface area contributed by atoms with E-state index in [4.69, 9.17) is 16.3 Å². The zero-order valence-corrected chi connectivity index (χ0v) is 11.7. The van der Waals surface area contributed by atoms with Crippen LogP contribution in [0.1, 0.15) is 0 Å². The van der Waals surface area contributed by atoms with Crippen LogP contribution in [0.3, 0.4) is 0 Å². The number of hydrogen-bond donors (Lipinski definition) is 1. The largest absolute Gasteiger partial charge is 0.383 e. The summed E-state index contributed by atoms with van der Waals surface area (Å²) in [6.45, 7) is 3.08. The molecular formula is C11H19ClN4O2. The van der Waals surface area contributed by atoms with Crippen LogP contribution in [0.2, 0.25) is 5.02 Å². The van der Waals surface area contributed by atoms with Crippen LogP contribution in [0.4, 0.5) is 5.69 Å². The van der Waals surface area contributed by atoms with Crippen molar-refractivity contribution < 1.29 is 4.74 Å². The van der Waals surface area contributed by atoms with Crippen molar-refractivity contribution in [1.82, 2.24) is 14.7 Å². The Hall–Kier alpha value is -1.11. The van der Waals surface area contributed by atoms with Crippen LogP contribution in [-0.2, 0) is 11.8 Å². The lowest BCUT2D eigenvalue weighted by Gasteiger charge is -2.16. The molecule has 0 spiro atoms. The second kappa shape index (κ2) is 7.35. The van der Waals surface area contributed by atoms with Gasteiger partial charge in [-0.2, -0.15) is 5.10 Å². The Morgan fingerprint density at radius 3 is 2.94 bits per heavy atom. The van der Waals surface area contributed by atoms with Crippen LogP contribution in [0.25, 0.3) is 0 Å². The molecule has 1 heterocycles. The molecular weight excluding hydrogens is 256 g/mol. The van der Waals surface area contributed by atoms with E-state index in [-0.39, 0.29) is 10.6 Å². The summed E-state index contributed by atoms with van der Waals surface area (Å²) in [5.41, 5.74) is 0.273. The first-order valence-corrected chi connectivity index (χ1v) is 6.07. The molecule has 0 bridgehead atoms. The lowest BCUT2D eigenvalue weighted by Crippen LogP contribution is -2.29. The minimum atomic E-state index is -0.297. The smallest absolute Gasteiger partial charge is 0.287 e. The number of nitrogens with one attached hydrogen (secondary N) is 1. The molecule has 102 valence electrons. The van der Waals surface area contributed by atoms with E-state index in [0.29, 0.717) is 18.8 Å². The third-order valence-electron chi connectivity index (χ3n) is 2.56. The predicted octanol–water partition coefficient (Wildman–Crippen LogP) is 0.424. The highest BCUT2D eigenvalue weighted by molar-refractivity contribution is 6.32. The van der Waals surface area contributed by atoms with Crippen molar-refractivity contribution in [3.05, 3.63) is 21.6 Å². The third kappa shape index (κ3) is 4.29. The van der Waals surface area contributed by atoms with Crippen molar-refractivity contribution in [3.8, 4) is 0 Å². The van der Waals surface area contributed by atoms with Gasteiger partial charge < -0.3 is 15.0 Å². The summed E-state index contributed by atoms with van der Waals surface area (Å²) >= 11 is 5.93. The number of likely N-dealkylation sites (N-methyl/N-ethyl adjacent to an activating group) is 1. The Morgan fingerprint density at radius 1 is 1.56 bits per heavy atom. The van der Waals surface area contributed by atoms with Crippen LogP contribution in [0.15, 0.2) is 11.0 Å². The maximum absolute atomic E-state index is 11.5. The summed E-state index contributed by atoms with van der Waals surface area (Å²) in [6, 6.07) is 0. The van der Waals surface area contributed by atoms with Crippen molar-refractivity contribution in [2.75, 3.05) is 45.7 Å². The summed E-state index contributed by atoms with van der Waals surface area (Å²) in [4.78, 5) is 13.7. The Labute approximate surface area is 111 Å². The molecule has 0 aromatic carbocycles. The molecule has 6 nitrogen and oxygen atoms in total. The van der Waals surface area contributed by atoms with E-state index >= 15 is 0 Å². The zero-order valence-electron chi connectivity index (χ0n) is 10.9. The van der Waals surface area contributed by atoms with E-state index in [1.165, 1.54) is 4.68 Å². The molecule has 1 rings (SSSR count). The molecule has 18 heavy (non-hydrogen) atoms. The topological polar surface area (TPSA) is 59.4 Å². The van der Waals surface area contributed by atoms with Crippen LogP contribution in [0.5, 0.6) is 0 Å². The van der Waals surface area contributed by atoms with Crippen molar-refractivity contribution in [1.29, 1.82) is 0 Å². The second-order valence-corrected chi connectivity index (χ2v) is 4.40. The monoisotopic (exact) mass is 274 g/mol. The number of aryl methyl sites for hydroxylation is 1. The standard InChI is InChI=1S/C11H19ClN4O2/c1-15(6-7-18-3)5-4-13-9-8-14-16(2)11(17)10(9)12/h8,13H,4-7H2,1-3H3. The van der Waals surface area contributed by atoms with Gasteiger partial charge in [-0.3, -0.25) is 4.79 Å². The van der Waals surface area contributed by atoms with Crippen LogP contribution >= 0.6 is 11.6 Å². The van der Waals surface area contributed by atoms with E-state index in [1.54, 1.807) is 20.4 Å².